The van der Waals surface area contributed by atoms with Crippen LogP contribution in [0.1, 0.15) is 44.3 Å². The molecule has 1 aromatic rings. The van der Waals surface area contributed by atoms with Gasteiger partial charge < -0.3 is 10.0 Å². The van der Waals surface area contributed by atoms with E-state index in [1.165, 1.54) is 12.8 Å². The van der Waals surface area contributed by atoms with E-state index in [0.29, 0.717) is 12.5 Å². The van der Waals surface area contributed by atoms with Gasteiger partial charge in [-0.2, -0.15) is 0 Å². The minimum absolute atomic E-state index is 0.548. The summed E-state index contributed by atoms with van der Waals surface area (Å²) in [4.78, 5) is 11.3. The first-order valence-electron chi connectivity index (χ1n) is 6.55. The standard InChI is InChI=1S/C13H18BrN3O/c1-13(18)5-2-6-17(8-13)11-7-10(14)15-12(16-11)9-3-4-9/h7,9,18H,2-6,8H2,1H3. The first-order valence-corrected chi connectivity index (χ1v) is 7.35. The number of nitrogens with zero attached hydrogens (tertiary/aromatic N) is 3. The number of aromatic nitrogens is 2. The molecule has 0 amide bonds. The molecule has 2 fully saturated rings. The molecule has 5 heteroatoms. The lowest BCUT2D eigenvalue weighted by molar-refractivity contribution is 0.0447. The Balaban J connectivity index is 1.86. The molecule has 1 aliphatic heterocycles. The third kappa shape index (κ3) is 2.67. The van der Waals surface area contributed by atoms with E-state index in [1.54, 1.807) is 0 Å². The molecule has 1 atom stereocenters. The average molecular weight is 312 g/mol. The van der Waals surface area contributed by atoms with Crippen LogP contribution in [-0.4, -0.2) is 33.8 Å². The van der Waals surface area contributed by atoms with Gasteiger partial charge in [0, 0.05) is 25.1 Å². The second-order valence-corrected chi connectivity index (χ2v) is 6.52. The van der Waals surface area contributed by atoms with Crippen LogP contribution in [0.4, 0.5) is 5.82 Å². The zero-order chi connectivity index (χ0) is 12.8. The van der Waals surface area contributed by atoms with E-state index >= 15 is 0 Å². The number of β-amino-alcohol motifs (C(OH)–C–C–N with tert-alkyl or cyclic N) is 1. The van der Waals surface area contributed by atoms with Gasteiger partial charge in [-0.15, -0.1) is 0 Å². The van der Waals surface area contributed by atoms with Crippen molar-refractivity contribution >= 4 is 21.7 Å². The molecule has 2 aliphatic rings. The normalized spacial score (nSPS) is 28.5. The highest BCUT2D eigenvalue weighted by molar-refractivity contribution is 9.10. The van der Waals surface area contributed by atoms with Crippen molar-refractivity contribution in [3.63, 3.8) is 0 Å². The van der Waals surface area contributed by atoms with Crippen LogP contribution >= 0.6 is 15.9 Å². The zero-order valence-electron chi connectivity index (χ0n) is 10.6. The quantitative estimate of drug-likeness (QED) is 0.852. The number of halogens is 1. The maximum Gasteiger partial charge on any atom is 0.135 e. The van der Waals surface area contributed by atoms with Crippen LogP contribution in [0, 0.1) is 0 Å². The van der Waals surface area contributed by atoms with Crippen LogP contribution in [0.2, 0.25) is 0 Å². The van der Waals surface area contributed by atoms with Crippen molar-refractivity contribution in [2.24, 2.45) is 0 Å². The average Bonchev–Trinajstić information content (AvgIpc) is 3.10. The lowest BCUT2D eigenvalue weighted by Gasteiger charge is -2.37. The number of aliphatic hydroxyl groups is 1. The van der Waals surface area contributed by atoms with Gasteiger partial charge in [-0.05, 0) is 48.5 Å². The molecule has 18 heavy (non-hydrogen) atoms. The van der Waals surface area contributed by atoms with E-state index in [1.807, 2.05) is 13.0 Å². The van der Waals surface area contributed by atoms with Crippen LogP contribution in [0.25, 0.3) is 0 Å². The summed E-state index contributed by atoms with van der Waals surface area (Å²) < 4.78 is 0.847. The minimum Gasteiger partial charge on any atom is -0.388 e. The van der Waals surface area contributed by atoms with Crippen LogP contribution in [0.3, 0.4) is 0 Å². The van der Waals surface area contributed by atoms with Gasteiger partial charge >= 0.3 is 0 Å². The smallest absolute Gasteiger partial charge is 0.135 e. The van der Waals surface area contributed by atoms with Gasteiger partial charge in [0.1, 0.15) is 16.2 Å². The second kappa shape index (κ2) is 4.46. The molecule has 1 saturated carbocycles. The Labute approximate surface area is 116 Å². The summed E-state index contributed by atoms with van der Waals surface area (Å²) in [5.41, 5.74) is -0.602. The Hall–Kier alpha value is -0.680. The lowest BCUT2D eigenvalue weighted by Crippen LogP contribution is -2.46. The van der Waals surface area contributed by atoms with E-state index in [4.69, 9.17) is 0 Å². The molecular weight excluding hydrogens is 294 g/mol. The highest BCUT2D eigenvalue weighted by Crippen LogP contribution is 2.39. The predicted molar refractivity (Wildman–Crippen MR) is 73.8 cm³/mol. The van der Waals surface area contributed by atoms with E-state index in [9.17, 15) is 5.11 Å². The monoisotopic (exact) mass is 311 g/mol. The van der Waals surface area contributed by atoms with Gasteiger partial charge in [0.15, 0.2) is 0 Å². The SMILES string of the molecule is CC1(O)CCCN(c2cc(Br)nc(C3CC3)n2)C1. The van der Waals surface area contributed by atoms with Crippen molar-refractivity contribution in [3.8, 4) is 0 Å². The van der Waals surface area contributed by atoms with Crippen molar-refractivity contribution in [3.05, 3.63) is 16.5 Å². The van der Waals surface area contributed by atoms with Crippen molar-refractivity contribution in [2.75, 3.05) is 18.0 Å². The van der Waals surface area contributed by atoms with Crippen LogP contribution in [-0.2, 0) is 0 Å². The molecule has 1 aromatic heterocycles. The predicted octanol–water partition coefficient (Wildman–Crippen LogP) is 2.47. The molecule has 0 bridgehead atoms. The summed E-state index contributed by atoms with van der Waals surface area (Å²) >= 11 is 3.46. The zero-order valence-corrected chi connectivity index (χ0v) is 12.2. The van der Waals surface area contributed by atoms with E-state index in [-0.39, 0.29) is 0 Å². The summed E-state index contributed by atoms with van der Waals surface area (Å²) in [7, 11) is 0. The Morgan fingerprint density at radius 1 is 1.44 bits per heavy atom. The fourth-order valence-electron chi connectivity index (χ4n) is 2.52. The third-order valence-electron chi connectivity index (χ3n) is 3.64. The highest BCUT2D eigenvalue weighted by Gasteiger charge is 2.31. The first kappa shape index (κ1) is 12.4. The van der Waals surface area contributed by atoms with Crippen molar-refractivity contribution in [1.82, 2.24) is 9.97 Å². The van der Waals surface area contributed by atoms with Gasteiger partial charge in [-0.3, -0.25) is 0 Å². The maximum atomic E-state index is 10.2. The van der Waals surface area contributed by atoms with Crippen molar-refractivity contribution < 1.29 is 5.11 Å². The van der Waals surface area contributed by atoms with Gasteiger partial charge in [0.05, 0.1) is 5.60 Å². The van der Waals surface area contributed by atoms with Gasteiger partial charge in [-0.25, -0.2) is 9.97 Å². The van der Waals surface area contributed by atoms with Crippen LogP contribution in [0.5, 0.6) is 0 Å². The summed E-state index contributed by atoms with van der Waals surface area (Å²) in [5.74, 6) is 2.44. The molecule has 0 aromatic carbocycles. The fraction of sp³-hybridized carbons (Fsp3) is 0.692. The molecule has 1 saturated heterocycles. The van der Waals surface area contributed by atoms with Crippen molar-refractivity contribution in [1.29, 1.82) is 0 Å². The van der Waals surface area contributed by atoms with E-state index in [2.05, 4.69) is 30.8 Å². The maximum absolute atomic E-state index is 10.2. The van der Waals surface area contributed by atoms with Gasteiger partial charge in [0.2, 0.25) is 0 Å². The molecule has 1 aliphatic carbocycles. The molecule has 0 radical (unpaired) electrons. The number of rotatable bonds is 2. The first-order chi connectivity index (χ1) is 8.53. The molecule has 2 heterocycles. The van der Waals surface area contributed by atoms with Gasteiger partial charge in [0.25, 0.3) is 0 Å². The number of anilines is 1. The topological polar surface area (TPSA) is 49.2 Å². The van der Waals surface area contributed by atoms with Crippen LogP contribution < -0.4 is 4.90 Å². The number of piperidine rings is 1. The Morgan fingerprint density at radius 2 is 2.22 bits per heavy atom. The minimum atomic E-state index is -0.602. The highest BCUT2D eigenvalue weighted by atomic mass is 79.9. The third-order valence-corrected chi connectivity index (χ3v) is 4.05. The Bertz CT molecular complexity index is 460. The molecule has 3 rings (SSSR count). The van der Waals surface area contributed by atoms with E-state index in [0.717, 1.165) is 35.6 Å². The summed E-state index contributed by atoms with van der Waals surface area (Å²) in [6, 6.07) is 1.95. The molecule has 1 N–H and O–H groups in total. The fourth-order valence-corrected chi connectivity index (χ4v) is 2.91. The molecule has 0 spiro atoms. The largest absolute Gasteiger partial charge is 0.388 e. The van der Waals surface area contributed by atoms with Crippen molar-refractivity contribution in [2.45, 2.75) is 44.1 Å². The molecule has 1 unspecified atom stereocenters. The number of hydrogen-bond donors (Lipinski definition) is 1. The lowest BCUT2D eigenvalue weighted by atomic mass is 9.95. The Morgan fingerprint density at radius 3 is 2.89 bits per heavy atom. The molecule has 4 nitrogen and oxygen atoms in total. The molecular formula is C13H18BrN3O. The van der Waals surface area contributed by atoms with Gasteiger partial charge in [-0.1, -0.05) is 0 Å². The summed E-state index contributed by atoms with van der Waals surface area (Å²) in [6.45, 7) is 3.52. The summed E-state index contributed by atoms with van der Waals surface area (Å²) in [6.07, 6.45) is 4.28. The molecule has 98 valence electrons. The van der Waals surface area contributed by atoms with Crippen LogP contribution in [0.15, 0.2) is 10.7 Å². The number of hydrogen-bond acceptors (Lipinski definition) is 4. The Kier molecular flexibility index (Phi) is 3.06. The second-order valence-electron chi connectivity index (χ2n) is 5.70. The summed E-state index contributed by atoms with van der Waals surface area (Å²) in [5, 5.41) is 10.2. The van der Waals surface area contributed by atoms with E-state index < -0.39 is 5.60 Å².